The standard InChI is InChI=1S/C9H13NO3/c1-4-5-8(11)10-7(3)6(2)9(12)13/h1,6-7H,5H2,2-3H3,(H,10,11)(H,12,13). The van der Waals surface area contributed by atoms with E-state index in [0.29, 0.717) is 0 Å². The Balaban J connectivity index is 4.01. The molecule has 0 saturated carbocycles. The zero-order chi connectivity index (χ0) is 10.4. The van der Waals surface area contributed by atoms with Crippen LogP contribution in [0.4, 0.5) is 0 Å². The minimum atomic E-state index is -0.937. The Bertz CT molecular complexity index is 242. The van der Waals surface area contributed by atoms with Gasteiger partial charge in [0.25, 0.3) is 0 Å². The lowest BCUT2D eigenvalue weighted by atomic mass is 10.0. The third kappa shape index (κ3) is 4.16. The summed E-state index contributed by atoms with van der Waals surface area (Å²) in [5, 5.41) is 11.1. The maximum Gasteiger partial charge on any atom is 0.308 e. The summed E-state index contributed by atoms with van der Waals surface area (Å²) in [7, 11) is 0. The number of hydrogen-bond acceptors (Lipinski definition) is 2. The molecule has 2 unspecified atom stereocenters. The van der Waals surface area contributed by atoms with Gasteiger partial charge in [0.1, 0.15) is 0 Å². The van der Waals surface area contributed by atoms with E-state index in [2.05, 4.69) is 11.2 Å². The molecule has 0 heterocycles. The first-order chi connectivity index (χ1) is 5.99. The number of aliphatic carboxylic acids is 1. The van der Waals surface area contributed by atoms with Crippen LogP contribution in [0, 0.1) is 18.3 Å². The van der Waals surface area contributed by atoms with Gasteiger partial charge in [-0.1, -0.05) is 5.92 Å². The Hall–Kier alpha value is -1.50. The van der Waals surface area contributed by atoms with E-state index in [9.17, 15) is 9.59 Å². The molecule has 0 aliphatic rings. The van der Waals surface area contributed by atoms with Gasteiger partial charge in [-0.25, -0.2) is 0 Å². The van der Waals surface area contributed by atoms with E-state index in [1.54, 1.807) is 6.92 Å². The van der Waals surface area contributed by atoms with Crippen LogP contribution < -0.4 is 5.32 Å². The largest absolute Gasteiger partial charge is 0.481 e. The van der Waals surface area contributed by atoms with Crippen molar-refractivity contribution in [2.75, 3.05) is 0 Å². The van der Waals surface area contributed by atoms with E-state index in [0.717, 1.165) is 0 Å². The highest BCUT2D eigenvalue weighted by atomic mass is 16.4. The SMILES string of the molecule is C#CCC(=O)NC(C)C(C)C(=O)O. The number of hydrogen-bond donors (Lipinski definition) is 2. The van der Waals surface area contributed by atoms with Crippen molar-refractivity contribution in [1.29, 1.82) is 0 Å². The van der Waals surface area contributed by atoms with Crippen LogP contribution in [-0.2, 0) is 9.59 Å². The number of rotatable bonds is 4. The average molecular weight is 183 g/mol. The normalized spacial score (nSPS) is 13.9. The van der Waals surface area contributed by atoms with Gasteiger partial charge in [-0.15, -0.1) is 6.42 Å². The highest BCUT2D eigenvalue weighted by molar-refractivity contribution is 5.79. The molecule has 0 aliphatic heterocycles. The lowest BCUT2D eigenvalue weighted by molar-refractivity contribution is -0.142. The summed E-state index contributed by atoms with van der Waals surface area (Å²) in [4.78, 5) is 21.4. The first kappa shape index (κ1) is 11.5. The first-order valence-corrected chi connectivity index (χ1v) is 3.94. The zero-order valence-electron chi connectivity index (χ0n) is 7.70. The highest BCUT2D eigenvalue weighted by Crippen LogP contribution is 2.02. The van der Waals surface area contributed by atoms with Crippen molar-refractivity contribution in [3.8, 4) is 12.3 Å². The van der Waals surface area contributed by atoms with Crippen molar-refractivity contribution < 1.29 is 14.7 Å². The molecule has 0 rings (SSSR count). The number of carboxylic acids is 1. The van der Waals surface area contributed by atoms with Gasteiger partial charge in [0.2, 0.25) is 5.91 Å². The molecular formula is C9H13NO3. The Morgan fingerprint density at radius 1 is 1.54 bits per heavy atom. The van der Waals surface area contributed by atoms with E-state index in [1.807, 2.05) is 0 Å². The topological polar surface area (TPSA) is 66.4 Å². The summed E-state index contributed by atoms with van der Waals surface area (Å²) in [5.74, 6) is 0.319. The summed E-state index contributed by atoms with van der Waals surface area (Å²) < 4.78 is 0. The third-order valence-electron chi connectivity index (χ3n) is 1.79. The Kier molecular flexibility index (Phi) is 4.60. The quantitative estimate of drug-likeness (QED) is 0.613. The lowest BCUT2D eigenvalue weighted by Crippen LogP contribution is -2.39. The van der Waals surface area contributed by atoms with Crippen LogP contribution in [0.1, 0.15) is 20.3 Å². The Morgan fingerprint density at radius 3 is 2.46 bits per heavy atom. The fraction of sp³-hybridized carbons (Fsp3) is 0.556. The number of carboxylic acid groups (broad SMARTS) is 1. The van der Waals surface area contributed by atoms with Crippen LogP contribution in [0.15, 0.2) is 0 Å². The number of carbonyl (C=O) groups is 2. The van der Waals surface area contributed by atoms with Crippen molar-refractivity contribution in [2.24, 2.45) is 5.92 Å². The molecule has 4 heteroatoms. The van der Waals surface area contributed by atoms with Crippen LogP contribution in [0.5, 0.6) is 0 Å². The second kappa shape index (κ2) is 5.20. The Morgan fingerprint density at radius 2 is 2.08 bits per heavy atom. The van der Waals surface area contributed by atoms with Crippen molar-refractivity contribution in [3.63, 3.8) is 0 Å². The summed E-state index contributed by atoms with van der Waals surface area (Å²) in [6.45, 7) is 3.16. The van der Waals surface area contributed by atoms with E-state index in [1.165, 1.54) is 6.92 Å². The molecule has 0 radical (unpaired) electrons. The molecular weight excluding hydrogens is 170 g/mol. The minimum Gasteiger partial charge on any atom is -0.481 e. The number of carbonyl (C=O) groups excluding carboxylic acids is 1. The molecule has 2 N–H and O–H groups in total. The molecule has 72 valence electrons. The van der Waals surface area contributed by atoms with Crippen LogP contribution in [0.2, 0.25) is 0 Å². The van der Waals surface area contributed by atoms with Gasteiger partial charge >= 0.3 is 5.97 Å². The van der Waals surface area contributed by atoms with Crippen LogP contribution in [0.25, 0.3) is 0 Å². The van der Waals surface area contributed by atoms with E-state index < -0.39 is 17.9 Å². The number of amides is 1. The summed E-state index contributed by atoms with van der Waals surface area (Å²) in [6, 6.07) is -0.404. The zero-order valence-corrected chi connectivity index (χ0v) is 7.70. The van der Waals surface area contributed by atoms with E-state index >= 15 is 0 Å². The van der Waals surface area contributed by atoms with E-state index in [4.69, 9.17) is 11.5 Å². The maximum atomic E-state index is 10.9. The predicted octanol–water partition coefficient (Wildman–Crippen LogP) is 0.235. The number of nitrogens with one attached hydrogen (secondary N) is 1. The molecule has 0 aromatic rings. The number of terminal acetylenes is 1. The molecule has 0 saturated heterocycles. The van der Waals surface area contributed by atoms with Crippen molar-refractivity contribution >= 4 is 11.9 Å². The molecule has 0 aliphatic carbocycles. The second-order valence-electron chi connectivity index (χ2n) is 2.86. The van der Waals surface area contributed by atoms with Crippen molar-refractivity contribution in [3.05, 3.63) is 0 Å². The summed E-state index contributed by atoms with van der Waals surface area (Å²) >= 11 is 0. The molecule has 0 aromatic carbocycles. The van der Waals surface area contributed by atoms with Gasteiger partial charge in [-0.3, -0.25) is 9.59 Å². The van der Waals surface area contributed by atoms with Crippen molar-refractivity contribution in [1.82, 2.24) is 5.32 Å². The van der Waals surface area contributed by atoms with Crippen LogP contribution in [0.3, 0.4) is 0 Å². The molecule has 4 nitrogen and oxygen atoms in total. The van der Waals surface area contributed by atoms with E-state index in [-0.39, 0.29) is 12.3 Å². The van der Waals surface area contributed by atoms with Crippen LogP contribution >= 0.6 is 0 Å². The second-order valence-corrected chi connectivity index (χ2v) is 2.86. The smallest absolute Gasteiger partial charge is 0.308 e. The molecule has 2 atom stereocenters. The van der Waals surface area contributed by atoms with Gasteiger partial charge in [-0.05, 0) is 13.8 Å². The molecule has 0 spiro atoms. The van der Waals surface area contributed by atoms with Gasteiger partial charge in [0.05, 0.1) is 12.3 Å². The first-order valence-electron chi connectivity index (χ1n) is 3.94. The van der Waals surface area contributed by atoms with Crippen LogP contribution in [-0.4, -0.2) is 23.0 Å². The molecule has 0 aromatic heterocycles. The molecule has 0 bridgehead atoms. The van der Waals surface area contributed by atoms with Gasteiger partial charge in [0.15, 0.2) is 0 Å². The maximum absolute atomic E-state index is 10.9. The Labute approximate surface area is 77.3 Å². The lowest BCUT2D eigenvalue weighted by Gasteiger charge is -2.16. The average Bonchev–Trinajstić information content (AvgIpc) is 2.03. The minimum absolute atomic E-state index is 0.0172. The van der Waals surface area contributed by atoms with Gasteiger partial charge < -0.3 is 10.4 Å². The highest BCUT2D eigenvalue weighted by Gasteiger charge is 2.20. The summed E-state index contributed by atoms with van der Waals surface area (Å²) in [5.41, 5.74) is 0. The third-order valence-corrected chi connectivity index (χ3v) is 1.79. The fourth-order valence-electron chi connectivity index (χ4n) is 0.737. The molecule has 1 amide bonds. The molecule has 13 heavy (non-hydrogen) atoms. The fourth-order valence-corrected chi connectivity index (χ4v) is 0.737. The molecule has 0 fully saturated rings. The monoisotopic (exact) mass is 183 g/mol. The van der Waals surface area contributed by atoms with Gasteiger partial charge in [0, 0.05) is 6.04 Å². The van der Waals surface area contributed by atoms with Crippen molar-refractivity contribution in [2.45, 2.75) is 26.3 Å². The predicted molar refractivity (Wildman–Crippen MR) is 47.9 cm³/mol. The van der Waals surface area contributed by atoms with Gasteiger partial charge in [-0.2, -0.15) is 0 Å². The summed E-state index contributed by atoms with van der Waals surface area (Å²) in [6.07, 6.45) is 4.90.